The average molecular weight is 346 g/mol. The number of fused-ring (bicyclic) bond motifs is 2. The lowest BCUT2D eigenvalue weighted by Crippen LogP contribution is -2.32. The molecule has 0 bridgehead atoms. The average Bonchev–Trinajstić information content (AvgIpc) is 2.62. The van der Waals surface area contributed by atoms with Gasteiger partial charge < -0.3 is 5.32 Å². The normalized spacial score (nSPS) is 16.3. The van der Waals surface area contributed by atoms with Crippen molar-refractivity contribution in [2.45, 2.75) is 46.1 Å². The van der Waals surface area contributed by atoms with Gasteiger partial charge in [0.25, 0.3) is 5.91 Å². The van der Waals surface area contributed by atoms with Gasteiger partial charge in [-0.3, -0.25) is 19.7 Å². The summed E-state index contributed by atoms with van der Waals surface area (Å²) in [4.78, 5) is 26.6. The first-order valence-corrected chi connectivity index (χ1v) is 9.02. The predicted octanol–water partition coefficient (Wildman–Crippen LogP) is 3.76. The minimum Gasteiger partial charge on any atom is -0.344 e. The van der Waals surface area contributed by atoms with Gasteiger partial charge in [-0.25, -0.2) is 0 Å². The lowest BCUT2D eigenvalue weighted by molar-refractivity contribution is 0.0933. The van der Waals surface area contributed by atoms with Crippen LogP contribution in [0, 0.1) is 20.8 Å². The molecule has 0 fully saturated rings. The Labute approximate surface area is 152 Å². The van der Waals surface area contributed by atoms with Crippen LogP contribution in [-0.4, -0.2) is 20.9 Å². The second-order valence-electron chi connectivity index (χ2n) is 7.10. The van der Waals surface area contributed by atoms with Gasteiger partial charge in [-0.2, -0.15) is 0 Å². The van der Waals surface area contributed by atoms with E-state index < -0.39 is 0 Å². The molecule has 132 valence electrons. The van der Waals surface area contributed by atoms with Crippen molar-refractivity contribution in [3.05, 3.63) is 64.4 Å². The molecule has 0 saturated carbocycles. The van der Waals surface area contributed by atoms with E-state index in [1.807, 2.05) is 32.9 Å². The maximum absolute atomic E-state index is 13.1. The molecular weight excluding hydrogens is 324 g/mol. The van der Waals surface area contributed by atoms with Crippen LogP contribution < -0.4 is 5.32 Å². The van der Waals surface area contributed by atoms with Gasteiger partial charge in [-0.05, 0) is 57.7 Å². The van der Waals surface area contributed by atoms with Gasteiger partial charge in [0.15, 0.2) is 0 Å². The molecule has 0 saturated heterocycles. The highest BCUT2D eigenvalue weighted by atomic mass is 16.1. The quantitative estimate of drug-likeness (QED) is 0.767. The van der Waals surface area contributed by atoms with E-state index in [9.17, 15) is 4.79 Å². The Hall–Kier alpha value is -2.82. The van der Waals surface area contributed by atoms with Gasteiger partial charge in [0.1, 0.15) is 0 Å². The number of nitrogens with zero attached hydrogens (tertiary/aromatic N) is 3. The van der Waals surface area contributed by atoms with E-state index in [1.165, 1.54) is 0 Å². The Morgan fingerprint density at radius 3 is 2.77 bits per heavy atom. The molecule has 4 rings (SSSR count). The summed E-state index contributed by atoms with van der Waals surface area (Å²) in [5.74, 6) is -0.0750. The van der Waals surface area contributed by atoms with Crippen molar-refractivity contribution >= 4 is 16.8 Å². The second kappa shape index (κ2) is 6.48. The van der Waals surface area contributed by atoms with Crippen molar-refractivity contribution in [3.8, 4) is 0 Å². The summed E-state index contributed by atoms with van der Waals surface area (Å²) in [5.41, 5.74) is 6.52. The van der Waals surface area contributed by atoms with Gasteiger partial charge in [-0.15, -0.1) is 0 Å². The molecule has 2 heterocycles. The van der Waals surface area contributed by atoms with Crippen LogP contribution in [0.25, 0.3) is 10.9 Å². The molecule has 0 spiro atoms. The van der Waals surface area contributed by atoms with Crippen LogP contribution in [0.1, 0.15) is 57.5 Å². The van der Waals surface area contributed by atoms with Crippen LogP contribution in [0.3, 0.4) is 0 Å². The van der Waals surface area contributed by atoms with Crippen molar-refractivity contribution < 1.29 is 4.79 Å². The van der Waals surface area contributed by atoms with Gasteiger partial charge in [0, 0.05) is 23.5 Å². The summed E-state index contributed by atoms with van der Waals surface area (Å²) < 4.78 is 0. The number of hydrogen-bond donors (Lipinski definition) is 1. The fourth-order valence-electron chi connectivity index (χ4n) is 3.84. The maximum atomic E-state index is 13.1. The molecule has 1 N–H and O–H groups in total. The van der Waals surface area contributed by atoms with E-state index in [1.54, 1.807) is 12.4 Å². The number of nitrogens with one attached hydrogen (secondary N) is 1. The van der Waals surface area contributed by atoms with Gasteiger partial charge in [0.05, 0.1) is 28.5 Å². The molecule has 1 amide bonds. The summed E-state index contributed by atoms with van der Waals surface area (Å²) in [7, 11) is 0. The number of carbonyl (C=O) groups excluding carboxylic acids is 1. The van der Waals surface area contributed by atoms with E-state index in [2.05, 4.69) is 26.3 Å². The summed E-state index contributed by atoms with van der Waals surface area (Å²) >= 11 is 0. The van der Waals surface area contributed by atoms with Gasteiger partial charge >= 0.3 is 0 Å². The summed E-state index contributed by atoms with van der Waals surface area (Å²) in [5, 5.41) is 4.08. The first-order valence-electron chi connectivity index (χ1n) is 9.02. The van der Waals surface area contributed by atoms with E-state index >= 15 is 0 Å². The molecule has 0 radical (unpaired) electrons. The molecule has 1 unspecified atom stereocenters. The molecule has 26 heavy (non-hydrogen) atoms. The maximum Gasteiger partial charge on any atom is 0.252 e. The first kappa shape index (κ1) is 16.6. The molecule has 5 nitrogen and oxygen atoms in total. The van der Waals surface area contributed by atoms with Crippen LogP contribution in [0.2, 0.25) is 0 Å². The Kier molecular flexibility index (Phi) is 4.15. The third kappa shape index (κ3) is 2.94. The molecular formula is C21H22N4O. The summed E-state index contributed by atoms with van der Waals surface area (Å²) in [6.45, 7) is 6.01. The van der Waals surface area contributed by atoms with Crippen LogP contribution in [0.4, 0.5) is 0 Å². The number of aromatic nitrogens is 3. The highest BCUT2D eigenvalue weighted by Gasteiger charge is 2.25. The van der Waals surface area contributed by atoms with Gasteiger partial charge in [0.2, 0.25) is 0 Å². The zero-order valence-corrected chi connectivity index (χ0v) is 15.3. The number of aryl methyl sites for hydroxylation is 4. The van der Waals surface area contributed by atoms with E-state index in [-0.39, 0.29) is 11.9 Å². The van der Waals surface area contributed by atoms with E-state index in [4.69, 9.17) is 0 Å². The fraction of sp³-hybridized carbons (Fsp3) is 0.333. The largest absolute Gasteiger partial charge is 0.344 e. The number of benzene rings is 1. The summed E-state index contributed by atoms with van der Waals surface area (Å²) in [6, 6.07) is 5.92. The molecule has 1 atom stereocenters. The van der Waals surface area contributed by atoms with Gasteiger partial charge in [-0.1, -0.05) is 11.6 Å². The SMILES string of the molecule is Cc1cc(C)c2nc(C)cc(C(=O)NC3CCCc4nccnc43)c2c1. The molecule has 2 aromatic heterocycles. The number of rotatable bonds is 2. The fourth-order valence-corrected chi connectivity index (χ4v) is 3.84. The zero-order chi connectivity index (χ0) is 18.3. The zero-order valence-electron chi connectivity index (χ0n) is 15.3. The van der Waals surface area contributed by atoms with Crippen molar-refractivity contribution in [2.24, 2.45) is 0 Å². The second-order valence-corrected chi connectivity index (χ2v) is 7.10. The highest BCUT2D eigenvalue weighted by molar-refractivity contribution is 6.07. The van der Waals surface area contributed by atoms with Crippen molar-refractivity contribution in [3.63, 3.8) is 0 Å². The first-order chi connectivity index (χ1) is 12.5. The van der Waals surface area contributed by atoms with Crippen LogP contribution in [0.5, 0.6) is 0 Å². The van der Waals surface area contributed by atoms with Crippen molar-refractivity contribution in [1.29, 1.82) is 0 Å². The molecule has 1 aliphatic carbocycles. The standard InChI is InChI=1S/C21H22N4O/c1-12-9-13(2)19-15(10-12)16(11-14(3)24-19)21(26)25-18-6-4-5-17-20(18)23-8-7-22-17/h7-11,18H,4-6H2,1-3H3,(H,25,26). The summed E-state index contributed by atoms with van der Waals surface area (Å²) in [6.07, 6.45) is 6.23. The third-order valence-electron chi connectivity index (χ3n) is 4.97. The Morgan fingerprint density at radius 2 is 1.92 bits per heavy atom. The predicted molar refractivity (Wildman–Crippen MR) is 101 cm³/mol. The van der Waals surface area contributed by atoms with Crippen LogP contribution >= 0.6 is 0 Å². The molecule has 3 aromatic rings. The molecule has 1 aliphatic rings. The number of carbonyl (C=O) groups is 1. The number of pyridine rings is 1. The number of hydrogen-bond acceptors (Lipinski definition) is 4. The lowest BCUT2D eigenvalue weighted by Gasteiger charge is -2.24. The van der Waals surface area contributed by atoms with Crippen LogP contribution in [0.15, 0.2) is 30.6 Å². The molecule has 0 aliphatic heterocycles. The smallest absolute Gasteiger partial charge is 0.252 e. The third-order valence-corrected chi connectivity index (χ3v) is 4.97. The minimum absolute atomic E-state index is 0.0750. The topological polar surface area (TPSA) is 67.8 Å². The Bertz CT molecular complexity index is 1010. The number of amides is 1. The molecule has 5 heteroatoms. The van der Waals surface area contributed by atoms with Crippen molar-refractivity contribution in [2.75, 3.05) is 0 Å². The van der Waals surface area contributed by atoms with Crippen LogP contribution in [-0.2, 0) is 6.42 Å². The highest BCUT2D eigenvalue weighted by Crippen LogP contribution is 2.28. The molecule has 1 aromatic carbocycles. The lowest BCUT2D eigenvalue weighted by atomic mass is 9.94. The monoisotopic (exact) mass is 346 g/mol. The van der Waals surface area contributed by atoms with Crippen molar-refractivity contribution in [1.82, 2.24) is 20.3 Å². The van der Waals surface area contributed by atoms with E-state index in [0.717, 1.165) is 58.4 Å². The van der Waals surface area contributed by atoms with E-state index in [0.29, 0.717) is 5.56 Å². The Morgan fingerprint density at radius 1 is 1.12 bits per heavy atom. The minimum atomic E-state index is -0.0885. The Balaban J connectivity index is 1.74.